The van der Waals surface area contributed by atoms with Gasteiger partial charge in [0.2, 0.25) is 0 Å². The van der Waals surface area contributed by atoms with Gasteiger partial charge in [-0.05, 0) is 147 Å². The highest BCUT2D eigenvalue weighted by molar-refractivity contribution is 6.24. The summed E-state index contributed by atoms with van der Waals surface area (Å²) in [6.45, 7) is 7.28. The van der Waals surface area contributed by atoms with Gasteiger partial charge in [0.25, 0.3) is 0 Å². The van der Waals surface area contributed by atoms with E-state index in [1.807, 2.05) is 48.5 Å². The predicted molar refractivity (Wildman–Crippen MR) is 227 cm³/mol. The van der Waals surface area contributed by atoms with E-state index in [0.717, 1.165) is 22.3 Å². The number of benzene rings is 10. The van der Waals surface area contributed by atoms with Crippen molar-refractivity contribution in [2.75, 3.05) is 0 Å². The first kappa shape index (κ1) is 31.2. The summed E-state index contributed by atoms with van der Waals surface area (Å²) in [5.74, 6) is 0. The molecule has 10 rings (SSSR count). The van der Waals surface area contributed by atoms with Crippen LogP contribution in [0.4, 0.5) is 5.69 Å². The van der Waals surface area contributed by atoms with Gasteiger partial charge in [-0.25, -0.2) is 4.85 Å². The van der Waals surface area contributed by atoms with Gasteiger partial charge in [0.15, 0.2) is 5.69 Å². The van der Waals surface area contributed by atoms with Crippen molar-refractivity contribution in [3.8, 4) is 50.6 Å². The SMILES string of the molecule is [C-]#[N+]c1ccc(-c2ccc3cc(-c4cc5c6ccccc6c(-c6ccc7cc(-c8ccc(C#N)cc8)ccc7c6)cc5c5ccccc45)ccc3c2)cc1. The van der Waals surface area contributed by atoms with Crippen LogP contribution in [0.15, 0.2) is 182 Å². The molecule has 54 heavy (non-hydrogen) atoms. The topological polar surface area (TPSA) is 28.1 Å². The minimum absolute atomic E-state index is 0.653. The Kier molecular flexibility index (Phi) is 7.29. The van der Waals surface area contributed by atoms with E-state index in [1.165, 1.54) is 76.1 Å². The highest BCUT2D eigenvalue weighted by atomic mass is 14.6. The molecule has 2 heteroatoms. The zero-order chi connectivity index (χ0) is 36.2. The number of fused-ring (bicyclic) bond motifs is 7. The van der Waals surface area contributed by atoms with Crippen molar-refractivity contribution in [2.24, 2.45) is 0 Å². The monoisotopic (exact) mass is 682 g/mol. The molecular formula is C52H30N2. The molecule has 0 saturated heterocycles. The third kappa shape index (κ3) is 5.26. The molecule has 0 unspecified atom stereocenters. The van der Waals surface area contributed by atoms with Crippen LogP contribution in [0.5, 0.6) is 0 Å². The molecule has 0 atom stereocenters. The predicted octanol–water partition coefficient (Wildman–Crippen LogP) is 14.5. The normalized spacial score (nSPS) is 11.3. The quantitative estimate of drug-likeness (QED) is 0.134. The maximum atomic E-state index is 9.22. The number of hydrogen-bond acceptors (Lipinski definition) is 1. The van der Waals surface area contributed by atoms with E-state index in [9.17, 15) is 5.26 Å². The zero-order valence-corrected chi connectivity index (χ0v) is 29.2. The van der Waals surface area contributed by atoms with Gasteiger partial charge in [0.1, 0.15) is 0 Å². The molecule has 0 amide bonds. The fourth-order valence-electron chi connectivity index (χ4n) is 8.08. The summed E-state index contributed by atoms with van der Waals surface area (Å²) in [6.07, 6.45) is 0. The smallest absolute Gasteiger partial charge is 0.187 e. The molecule has 0 saturated carbocycles. The van der Waals surface area contributed by atoms with Crippen LogP contribution in [0.25, 0.3) is 103 Å². The number of nitriles is 1. The van der Waals surface area contributed by atoms with Crippen molar-refractivity contribution in [1.29, 1.82) is 5.26 Å². The molecule has 10 aromatic carbocycles. The molecule has 10 aromatic rings. The van der Waals surface area contributed by atoms with E-state index < -0.39 is 0 Å². The van der Waals surface area contributed by atoms with Gasteiger partial charge < -0.3 is 0 Å². The van der Waals surface area contributed by atoms with Crippen molar-refractivity contribution < 1.29 is 0 Å². The molecule has 0 aromatic heterocycles. The van der Waals surface area contributed by atoms with E-state index in [4.69, 9.17) is 6.57 Å². The van der Waals surface area contributed by atoms with Crippen LogP contribution in [0.1, 0.15) is 5.56 Å². The molecule has 0 aliphatic carbocycles. The highest BCUT2D eigenvalue weighted by Crippen LogP contribution is 2.43. The van der Waals surface area contributed by atoms with E-state index in [1.54, 1.807) is 0 Å². The van der Waals surface area contributed by atoms with Crippen LogP contribution in [-0.4, -0.2) is 0 Å². The largest absolute Gasteiger partial charge is 0.238 e. The molecule has 0 bridgehead atoms. The highest BCUT2D eigenvalue weighted by Gasteiger charge is 2.15. The molecule has 0 fully saturated rings. The average molecular weight is 683 g/mol. The second-order valence-corrected chi connectivity index (χ2v) is 13.9. The van der Waals surface area contributed by atoms with Crippen LogP contribution in [-0.2, 0) is 0 Å². The van der Waals surface area contributed by atoms with Crippen molar-refractivity contribution in [1.82, 2.24) is 0 Å². The average Bonchev–Trinajstić information content (AvgIpc) is 3.25. The van der Waals surface area contributed by atoms with Crippen LogP contribution in [0.2, 0.25) is 0 Å². The Morgan fingerprint density at radius 3 is 1.15 bits per heavy atom. The minimum Gasteiger partial charge on any atom is -0.238 e. The van der Waals surface area contributed by atoms with Gasteiger partial charge in [0, 0.05) is 0 Å². The van der Waals surface area contributed by atoms with Gasteiger partial charge in [-0.3, -0.25) is 0 Å². The fourth-order valence-corrected chi connectivity index (χ4v) is 8.08. The molecule has 0 radical (unpaired) electrons. The van der Waals surface area contributed by atoms with Gasteiger partial charge in [-0.2, -0.15) is 5.26 Å². The summed E-state index contributed by atoms with van der Waals surface area (Å²) in [4.78, 5) is 3.54. The van der Waals surface area contributed by atoms with Crippen LogP contribution < -0.4 is 0 Å². The van der Waals surface area contributed by atoms with E-state index in [2.05, 4.69) is 144 Å². The number of hydrogen-bond donors (Lipinski definition) is 0. The number of nitrogens with zero attached hydrogens (tertiary/aromatic N) is 2. The van der Waals surface area contributed by atoms with Crippen molar-refractivity contribution in [2.45, 2.75) is 0 Å². The van der Waals surface area contributed by atoms with E-state index in [0.29, 0.717) is 11.3 Å². The Balaban J connectivity index is 1.10. The lowest BCUT2D eigenvalue weighted by Crippen LogP contribution is -1.89. The molecular weight excluding hydrogens is 653 g/mol. The van der Waals surface area contributed by atoms with Crippen LogP contribution >= 0.6 is 0 Å². The van der Waals surface area contributed by atoms with Crippen LogP contribution in [0, 0.1) is 17.9 Å². The Morgan fingerprint density at radius 1 is 0.352 bits per heavy atom. The molecule has 0 spiro atoms. The third-order valence-electron chi connectivity index (χ3n) is 10.9. The maximum Gasteiger partial charge on any atom is 0.187 e. The van der Waals surface area contributed by atoms with E-state index >= 15 is 0 Å². The standard InChI is InChI=1S/C52H30N2/c1-54-44-24-22-35(23-25-44)37-15-17-41-29-43(21-19-39(41)27-37)50-31-52-47-8-4-2-6-45(47)49(30-51(52)48-9-5-3-7-46(48)50)42-20-18-38-26-36(14-16-40(38)28-42)34-12-10-33(32-53)11-13-34/h2-31H. The Labute approximate surface area is 313 Å². The lowest BCUT2D eigenvalue weighted by atomic mass is 9.87. The maximum absolute atomic E-state index is 9.22. The lowest BCUT2D eigenvalue weighted by molar-refractivity contribution is 1.48. The molecule has 0 aliphatic rings. The summed E-state index contributed by atoms with van der Waals surface area (Å²) in [5.41, 5.74) is 10.6. The van der Waals surface area contributed by atoms with Crippen molar-refractivity contribution in [3.63, 3.8) is 0 Å². The summed E-state index contributed by atoms with van der Waals surface area (Å²) >= 11 is 0. The molecule has 2 nitrogen and oxygen atoms in total. The molecule has 0 N–H and O–H groups in total. The van der Waals surface area contributed by atoms with Gasteiger partial charge in [0.05, 0.1) is 18.2 Å². The van der Waals surface area contributed by atoms with Crippen LogP contribution in [0.3, 0.4) is 0 Å². The summed E-state index contributed by atoms with van der Waals surface area (Å²) < 4.78 is 0. The third-order valence-corrected chi connectivity index (χ3v) is 10.9. The summed E-state index contributed by atoms with van der Waals surface area (Å²) in [6, 6.07) is 67.0. The van der Waals surface area contributed by atoms with Gasteiger partial charge in [-0.15, -0.1) is 0 Å². The minimum atomic E-state index is 0.653. The summed E-state index contributed by atoms with van der Waals surface area (Å²) in [5, 5.41) is 21.4. The number of rotatable bonds is 4. The van der Waals surface area contributed by atoms with Gasteiger partial charge in [-0.1, -0.05) is 133 Å². The molecule has 248 valence electrons. The van der Waals surface area contributed by atoms with E-state index in [-0.39, 0.29) is 0 Å². The molecule has 0 heterocycles. The fraction of sp³-hybridized carbons (Fsp3) is 0. The first-order valence-electron chi connectivity index (χ1n) is 18.1. The second kappa shape index (κ2) is 12.6. The first-order chi connectivity index (χ1) is 26.6. The zero-order valence-electron chi connectivity index (χ0n) is 29.2. The van der Waals surface area contributed by atoms with Gasteiger partial charge >= 0.3 is 0 Å². The Hall–Kier alpha value is -7.52. The first-order valence-corrected chi connectivity index (χ1v) is 18.1. The second-order valence-electron chi connectivity index (χ2n) is 13.9. The Bertz CT molecular complexity index is 2990. The lowest BCUT2D eigenvalue weighted by Gasteiger charge is -2.17. The Morgan fingerprint density at radius 2 is 0.722 bits per heavy atom. The van der Waals surface area contributed by atoms with Crippen molar-refractivity contribution in [3.05, 3.63) is 199 Å². The van der Waals surface area contributed by atoms with Crippen molar-refractivity contribution >= 4 is 59.5 Å². The summed E-state index contributed by atoms with van der Waals surface area (Å²) in [7, 11) is 0. The molecule has 0 aliphatic heterocycles.